The third-order valence-corrected chi connectivity index (χ3v) is 4.07. The standard InChI is InChI=1S/C12H13N3O2S/c13-9-5-1-3-7-10(12(16)17)14-11(15(7)9)8-4-2-6-18-8/h2,4,6,9H,1,3,5,13H2,(H,16,17). The van der Waals surface area contributed by atoms with Crippen LogP contribution < -0.4 is 5.73 Å². The Balaban J connectivity index is 2.23. The summed E-state index contributed by atoms with van der Waals surface area (Å²) in [6.45, 7) is 0. The molecule has 3 rings (SSSR count). The van der Waals surface area contributed by atoms with Gasteiger partial charge in [0, 0.05) is 0 Å². The quantitative estimate of drug-likeness (QED) is 0.869. The van der Waals surface area contributed by atoms with Crippen molar-refractivity contribution in [1.29, 1.82) is 0 Å². The highest BCUT2D eigenvalue weighted by Crippen LogP contribution is 2.33. The van der Waals surface area contributed by atoms with Crippen molar-refractivity contribution >= 4 is 17.3 Å². The van der Waals surface area contributed by atoms with E-state index in [4.69, 9.17) is 5.73 Å². The normalized spacial score (nSPS) is 18.6. The van der Waals surface area contributed by atoms with E-state index in [2.05, 4.69) is 4.98 Å². The molecule has 0 bridgehead atoms. The summed E-state index contributed by atoms with van der Waals surface area (Å²) in [5.41, 5.74) is 7.00. The molecular formula is C12H13N3O2S. The highest BCUT2D eigenvalue weighted by molar-refractivity contribution is 7.13. The van der Waals surface area contributed by atoms with E-state index < -0.39 is 5.97 Å². The number of hydrogen-bond donors (Lipinski definition) is 2. The minimum Gasteiger partial charge on any atom is -0.476 e. The second-order valence-electron chi connectivity index (χ2n) is 4.34. The number of hydrogen-bond acceptors (Lipinski definition) is 4. The SMILES string of the molecule is NC1CCCc2c(C(=O)O)nc(-c3cccs3)n21. The van der Waals surface area contributed by atoms with Crippen molar-refractivity contribution in [3.8, 4) is 10.7 Å². The first kappa shape index (κ1) is 11.4. The molecule has 0 spiro atoms. The molecule has 1 unspecified atom stereocenters. The second kappa shape index (κ2) is 4.22. The van der Waals surface area contributed by atoms with Gasteiger partial charge in [-0.3, -0.25) is 0 Å². The number of aromatic carboxylic acids is 1. The lowest BCUT2D eigenvalue weighted by atomic mass is 10.1. The average molecular weight is 263 g/mol. The number of nitrogens with two attached hydrogens (primary N) is 1. The van der Waals surface area contributed by atoms with E-state index in [1.54, 1.807) is 11.3 Å². The maximum Gasteiger partial charge on any atom is 0.356 e. The van der Waals surface area contributed by atoms with Crippen LogP contribution in [0.1, 0.15) is 35.2 Å². The van der Waals surface area contributed by atoms with Gasteiger partial charge in [-0.1, -0.05) is 6.07 Å². The molecule has 3 heterocycles. The van der Waals surface area contributed by atoms with Gasteiger partial charge in [0.15, 0.2) is 11.5 Å². The van der Waals surface area contributed by atoms with Crippen LogP contribution in [0.15, 0.2) is 17.5 Å². The van der Waals surface area contributed by atoms with Crippen molar-refractivity contribution in [2.45, 2.75) is 25.4 Å². The van der Waals surface area contributed by atoms with Crippen LogP contribution in [0.25, 0.3) is 10.7 Å². The third-order valence-electron chi connectivity index (χ3n) is 3.20. The Bertz CT molecular complexity index is 589. The van der Waals surface area contributed by atoms with E-state index in [0.717, 1.165) is 29.8 Å². The Morgan fingerprint density at radius 1 is 1.61 bits per heavy atom. The Morgan fingerprint density at radius 3 is 3.11 bits per heavy atom. The number of thiophene rings is 1. The molecule has 0 radical (unpaired) electrons. The maximum atomic E-state index is 11.2. The van der Waals surface area contributed by atoms with Crippen LogP contribution in [-0.2, 0) is 6.42 Å². The van der Waals surface area contributed by atoms with Crippen LogP contribution in [-0.4, -0.2) is 20.6 Å². The first-order valence-electron chi connectivity index (χ1n) is 5.82. The van der Waals surface area contributed by atoms with Gasteiger partial charge < -0.3 is 15.4 Å². The molecule has 2 aromatic rings. The molecule has 1 aliphatic rings. The number of fused-ring (bicyclic) bond motifs is 1. The fourth-order valence-electron chi connectivity index (χ4n) is 2.42. The topological polar surface area (TPSA) is 81.1 Å². The molecule has 1 atom stereocenters. The van der Waals surface area contributed by atoms with Gasteiger partial charge in [-0.25, -0.2) is 9.78 Å². The Hall–Kier alpha value is -1.66. The van der Waals surface area contributed by atoms with Crippen LogP contribution in [0.3, 0.4) is 0 Å². The molecule has 0 aliphatic carbocycles. The molecule has 0 aromatic carbocycles. The third kappa shape index (κ3) is 1.65. The largest absolute Gasteiger partial charge is 0.476 e. The zero-order chi connectivity index (χ0) is 12.7. The molecule has 3 N–H and O–H groups in total. The smallest absolute Gasteiger partial charge is 0.356 e. The Kier molecular flexibility index (Phi) is 2.68. The molecule has 0 amide bonds. The first-order valence-corrected chi connectivity index (χ1v) is 6.70. The predicted molar refractivity (Wildman–Crippen MR) is 68.7 cm³/mol. The van der Waals surface area contributed by atoms with E-state index in [9.17, 15) is 9.90 Å². The van der Waals surface area contributed by atoms with Gasteiger partial charge in [-0.2, -0.15) is 0 Å². The lowest BCUT2D eigenvalue weighted by Crippen LogP contribution is -2.26. The summed E-state index contributed by atoms with van der Waals surface area (Å²) >= 11 is 1.54. The van der Waals surface area contributed by atoms with Gasteiger partial charge in [0.05, 0.1) is 16.7 Å². The summed E-state index contributed by atoms with van der Waals surface area (Å²) < 4.78 is 1.89. The minimum absolute atomic E-state index is 0.147. The molecule has 2 aromatic heterocycles. The number of nitrogens with zero attached hydrogens (tertiary/aromatic N) is 2. The molecule has 18 heavy (non-hydrogen) atoms. The summed E-state index contributed by atoms with van der Waals surface area (Å²) in [6, 6.07) is 3.86. The number of carboxylic acids is 1. The highest BCUT2D eigenvalue weighted by atomic mass is 32.1. The predicted octanol–water partition coefficient (Wildman–Crippen LogP) is 2.10. The second-order valence-corrected chi connectivity index (χ2v) is 5.29. The lowest BCUT2D eigenvalue weighted by molar-refractivity contribution is 0.0689. The summed E-state index contributed by atoms with van der Waals surface area (Å²) in [5, 5.41) is 11.2. The lowest BCUT2D eigenvalue weighted by Gasteiger charge is -2.23. The van der Waals surface area contributed by atoms with E-state index >= 15 is 0 Å². The molecule has 6 heteroatoms. The first-order chi connectivity index (χ1) is 8.68. The highest BCUT2D eigenvalue weighted by Gasteiger charge is 2.28. The summed E-state index contributed by atoms with van der Waals surface area (Å²) in [7, 11) is 0. The van der Waals surface area contributed by atoms with E-state index in [-0.39, 0.29) is 11.9 Å². The number of rotatable bonds is 2. The molecule has 0 saturated carbocycles. The number of imidazole rings is 1. The molecule has 0 fully saturated rings. The Labute approximate surface area is 108 Å². The van der Waals surface area contributed by atoms with Crippen molar-refractivity contribution in [3.63, 3.8) is 0 Å². The van der Waals surface area contributed by atoms with Crippen molar-refractivity contribution in [2.24, 2.45) is 5.73 Å². The van der Waals surface area contributed by atoms with Gasteiger partial charge in [-0.05, 0) is 30.7 Å². The van der Waals surface area contributed by atoms with Crippen LogP contribution in [0, 0.1) is 0 Å². The molecule has 0 saturated heterocycles. The molecule has 1 aliphatic heterocycles. The van der Waals surface area contributed by atoms with E-state index in [0.29, 0.717) is 5.82 Å². The fourth-order valence-corrected chi connectivity index (χ4v) is 3.13. The van der Waals surface area contributed by atoms with Crippen molar-refractivity contribution in [2.75, 3.05) is 0 Å². The van der Waals surface area contributed by atoms with Crippen molar-refractivity contribution in [1.82, 2.24) is 9.55 Å². The van der Waals surface area contributed by atoms with Crippen molar-refractivity contribution < 1.29 is 9.90 Å². The Morgan fingerprint density at radius 2 is 2.44 bits per heavy atom. The van der Waals surface area contributed by atoms with E-state index in [1.165, 1.54) is 0 Å². The molecule has 5 nitrogen and oxygen atoms in total. The summed E-state index contributed by atoms with van der Waals surface area (Å²) in [5.74, 6) is -0.291. The van der Waals surface area contributed by atoms with Crippen LogP contribution >= 0.6 is 11.3 Å². The van der Waals surface area contributed by atoms with Gasteiger partial charge >= 0.3 is 5.97 Å². The zero-order valence-electron chi connectivity index (χ0n) is 9.67. The average Bonchev–Trinajstić information content (AvgIpc) is 2.95. The van der Waals surface area contributed by atoms with Gasteiger partial charge in [-0.15, -0.1) is 11.3 Å². The van der Waals surface area contributed by atoms with Gasteiger partial charge in [0.2, 0.25) is 0 Å². The number of aromatic nitrogens is 2. The zero-order valence-corrected chi connectivity index (χ0v) is 10.5. The fraction of sp³-hybridized carbons (Fsp3) is 0.333. The monoisotopic (exact) mass is 263 g/mol. The van der Waals surface area contributed by atoms with Crippen LogP contribution in [0.2, 0.25) is 0 Å². The van der Waals surface area contributed by atoms with Crippen LogP contribution in [0.5, 0.6) is 0 Å². The van der Waals surface area contributed by atoms with Crippen molar-refractivity contribution in [3.05, 3.63) is 28.9 Å². The minimum atomic E-state index is -0.976. The molecular weight excluding hydrogens is 250 g/mol. The van der Waals surface area contributed by atoms with E-state index in [1.807, 2.05) is 22.1 Å². The van der Waals surface area contributed by atoms with Gasteiger partial charge in [0.1, 0.15) is 0 Å². The van der Waals surface area contributed by atoms with Crippen LogP contribution in [0.4, 0.5) is 0 Å². The molecule has 94 valence electrons. The number of carbonyl (C=O) groups is 1. The summed E-state index contributed by atoms with van der Waals surface area (Å²) in [6.07, 6.45) is 2.33. The number of carboxylic acid groups (broad SMARTS) is 1. The summed E-state index contributed by atoms with van der Waals surface area (Å²) in [4.78, 5) is 16.5. The maximum absolute atomic E-state index is 11.2. The van der Waals surface area contributed by atoms with Gasteiger partial charge in [0.25, 0.3) is 0 Å².